The molecular weight excluding hydrogens is 404 g/mol. The van der Waals surface area contributed by atoms with Crippen molar-refractivity contribution >= 4 is 27.3 Å². The molecule has 0 unspecified atom stereocenters. The molecule has 9 heteroatoms. The van der Waals surface area contributed by atoms with E-state index in [9.17, 15) is 13.2 Å². The zero-order valence-electron chi connectivity index (χ0n) is 17.5. The molecule has 1 aliphatic rings. The van der Waals surface area contributed by atoms with Gasteiger partial charge in [0.05, 0.1) is 17.7 Å². The Morgan fingerprint density at radius 3 is 2.33 bits per heavy atom. The van der Waals surface area contributed by atoms with E-state index in [-0.39, 0.29) is 17.3 Å². The molecule has 0 bridgehead atoms. The zero-order chi connectivity index (χ0) is 21.7. The molecule has 0 aliphatic carbocycles. The van der Waals surface area contributed by atoms with Crippen molar-refractivity contribution in [3.63, 3.8) is 0 Å². The third-order valence-electron chi connectivity index (χ3n) is 5.06. The highest BCUT2D eigenvalue weighted by molar-refractivity contribution is 7.89. The van der Waals surface area contributed by atoms with Crippen LogP contribution in [0.5, 0.6) is 5.75 Å². The minimum Gasteiger partial charge on any atom is -0.495 e. The normalized spacial score (nSPS) is 15.1. The van der Waals surface area contributed by atoms with E-state index in [1.54, 1.807) is 0 Å². The fourth-order valence-corrected chi connectivity index (χ4v) is 4.34. The number of benzene rings is 2. The summed E-state index contributed by atoms with van der Waals surface area (Å²) in [5.74, 6) is 0.0832. The molecule has 0 radical (unpaired) electrons. The molecule has 2 aromatic rings. The number of sulfonamides is 1. The maximum absolute atomic E-state index is 12.7. The predicted octanol–water partition coefficient (Wildman–Crippen LogP) is 1.88. The highest BCUT2D eigenvalue weighted by atomic mass is 32.2. The van der Waals surface area contributed by atoms with Gasteiger partial charge in [0, 0.05) is 45.3 Å². The molecule has 1 amide bonds. The van der Waals surface area contributed by atoms with Crippen LogP contribution in [0, 0.1) is 0 Å². The Balaban J connectivity index is 1.67. The number of ether oxygens (including phenoxy) is 1. The van der Waals surface area contributed by atoms with E-state index in [4.69, 9.17) is 4.74 Å². The molecule has 2 N–H and O–H groups in total. The van der Waals surface area contributed by atoms with Gasteiger partial charge in [-0.3, -0.25) is 4.79 Å². The number of amides is 1. The number of nitrogens with zero attached hydrogens (tertiary/aromatic N) is 2. The van der Waals surface area contributed by atoms with Gasteiger partial charge < -0.3 is 19.9 Å². The fourth-order valence-electron chi connectivity index (χ4n) is 3.29. The second-order valence-electron chi connectivity index (χ2n) is 7.32. The standard InChI is InChI=1S/C21H28N4O4S/c1-16(26)23-20-14-19(8-9-21(20)29-3)30(27,28)22-15-17-4-6-18(7-5-17)25-12-10-24(2)11-13-25/h4-9,14,22H,10-13,15H2,1-3H3,(H,23,26). The molecule has 3 rings (SSSR count). The zero-order valence-corrected chi connectivity index (χ0v) is 18.3. The lowest BCUT2D eigenvalue weighted by Crippen LogP contribution is -2.44. The molecule has 162 valence electrons. The van der Waals surface area contributed by atoms with Crippen molar-refractivity contribution in [2.75, 3.05) is 50.6 Å². The predicted molar refractivity (Wildman–Crippen MR) is 117 cm³/mol. The van der Waals surface area contributed by atoms with Gasteiger partial charge in [-0.1, -0.05) is 12.1 Å². The van der Waals surface area contributed by atoms with Gasteiger partial charge in [0.2, 0.25) is 15.9 Å². The van der Waals surface area contributed by atoms with E-state index in [1.807, 2.05) is 24.3 Å². The van der Waals surface area contributed by atoms with E-state index in [0.29, 0.717) is 11.4 Å². The fraction of sp³-hybridized carbons (Fsp3) is 0.381. The average Bonchev–Trinajstić information content (AvgIpc) is 2.73. The quantitative estimate of drug-likeness (QED) is 0.694. The van der Waals surface area contributed by atoms with E-state index >= 15 is 0 Å². The van der Waals surface area contributed by atoms with Gasteiger partial charge in [0.1, 0.15) is 5.75 Å². The van der Waals surface area contributed by atoms with Crippen molar-refractivity contribution in [2.24, 2.45) is 0 Å². The largest absolute Gasteiger partial charge is 0.495 e. The van der Waals surface area contributed by atoms with Crippen LogP contribution in [0.3, 0.4) is 0 Å². The highest BCUT2D eigenvalue weighted by Gasteiger charge is 2.18. The molecule has 0 saturated carbocycles. The number of methoxy groups -OCH3 is 1. The first-order valence-corrected chi connectivity index (χ1v) is 11.2. The van der Waals surface area contributed by atoms with Crippen molar-refractivity contribution < 1.29 is 17.9 Å². The van der Waals surface area contributed by atoms with Crippen LogP contribution in [0.2, 0.25) is 0 Å². The number of hydrogen-bond acceptors (Lipinski definition) is 6. The molecule has 30 heavy (non-hydrogen) atoms. The van der Waals surface area contributed by atoms with Crippen LogP contribution in [0.25, 0.3) is 0 Å². The summed E-state index contributed by atoms with van der Waals surface area (Å²) in [7, 11) is -0.175. The number of carbonyl (C=O) groups excluding carboxylic acids is 1. The number of nitrogens with one attached hydrogen (secondary N) is 2. The van der Waals surface area contributed by atoms with Gasteiger partial charge in [-0.2, -0.15) is 0 Å². The monoisotopic (exact) mass is 432 g/mol. The molecule has 1 fully saturated rings. The molecule has 8 nitrogen and oxygen atoms in total. The summed E-state index contributed by atoms with van der Waals surface area (Å²) in [6, 6.07) is 12.3. The lowest BCUT2D eigenvalue weighted by Gasteiger charge is -2.34. The summed E-state index contributed by atoms with van der Waals surface area (Å²) in [4.78, 5) is 16.1. The number of piperazine rings is 1. The molecule has 1 saturated heterocycles. The summed E-state index contributed by atoms with van der Waals surface area (Å²) in [5.41, 5.74) is 2.32. The second-order valence-corrected chi connectivity index (χ2v) is 9.09. The number of anilines is 2. The third kappa shape index (κ3) is 5.50. The average molecular weight is 433 g/mol. The Bertz CT molecular complexity index is 985. The van der Waals surface area contributed by atoms with Gasteiger partial charge in [-0.25, -0.2) is 13.1 Å². The second kappa shape index (κ2) is 9.46. The molecule has 1 aliphatic heterocycles. The van der Waals surface area contributed by atoms with Gasteiger partial charge in [-0.05, 0) is 42.9 Å². The van der Waals surface area contributed by atoms with Crippen molar-refractivity contribution in [3.8, 4) is 5.75 Å². The van der Waals surface area contributed by atoms with Gasteiger partial charge in [0.25, 0.3) is 0 Å². The molecule has 1 heterocycles. The van der Waals surface area contributed by atoms with Gasteiger partial charge in [-0.15, -0.1) is 0 Å². The third-order valence-corrected chi connectivity index (χ3v) is 6.46. The first-order chi connectivity index (χ1) is 14.3. The van der Waals surface area contributed by atoms with Crippen LogP contribution in [-0.2, 0) is 21.4 Å². The molecule has 0 spiro atoms. The van der Waals surface area contributed by atoms with E-state index in [0.717, 1.165) is 37.4 Å². The highest BCUT2D eigenvalue weighted by Crippen LogP contribution is 2.27. The Hall–Kier alpha value is -2.62. The first kappa shape index (κ1) is 22.1. The van der Waals surface area contributed by atoms with E-state index in [1.165, 1.54) is 32.2 Å². The van der Waals surface area contributed by atoms with Crippen LogP contribution in [0.1, 0.15) is 12.5 Å². The van der Waals surface area contributed by atoms with E-state index < -0.39 is 10.0 Å². The minimum absolute atomic E-state index is 0.0566. The topological polar surface area (TPSA) is 91.0 Å². The summed E-state index contributed by atoms with van der Waals surface area (Å²) in [6.07, 6.45) is 0. The number of carbonyl (C=O) groups is 1. The van der Waals surface area contributed by atoms with Crippen molar-refractivity contribution in [3.05, 3.63) is 48.0 Å². The Morgan fingerprint density at radius 1 is 1.07 bits per heavy atom. The van der Waals surface area contributed by atoms with Crippen LogP contribution in [0.4, 0.5) is 11.4 Å². The maximum Gasteiger partial charge on any atom is 0.240 e. The Labute approximate surface area is 177 Å². The smallest absolute Gasteiger partial charge is 0.240 e. The van der Waals surface area contributed by atoms with Crippen LogP contribution >= 0.6 is 0 Å². The van der Waals surface area contributed by atoms with Crippen LogP contribution < -0.4 is 19.7 Å². The number of hydrogen-bond donors (Lipinski definition) is 2. The van der Waals surface area contributed by atoms with Crippen molar-refractivity contribution in [1.29, 1.82) is 0 Å². The van der Waals surface area contributed by atoms with Gasteiger partial charge >= 0.3 is 0 Å². The molecule has 0 atom stereocenters. The maximum atomic E-state index is 12.7. The molecule has 2 aromatic carbocycles. The molecule has 0 aromatic heterocycles. The van der Waals surface area contributed by atoms with Crippen molar-refractivity contribution in [2.45, 2.75) is 18.4 Å². The lowest BCUT2D eigenvalue weighted by atomic mass is 10.2. The summed E-state index contributed by atoms with van der Waals surface area (Å²) in [5, 5.41) is 2.59. The summed E-state index contributed by atoms with van der Waals surface area (Å²) >= 11 is 0. The minimum atomic E-state index is -3.75. The Kier molecular flexibility index (Phi) is 6.96. The summed E-state index contributed by atoms with van der Waals surface area (Å²) < 4.78 is 33.2. The lowest BCUT2D eigenvalue weighted by molar-refractivity contribution is -0.114. The number of rotatable bonds is 7. The van der Waals surface area contributed by atoms with Crippen molar-refractivity contribution in [1.82, 2.24) is 9.62 Å². The van der Waals surface area contributed by atoms with Crippen LogP contribution in [0.15, 0.2) is 47.4 Å². The SMILES string of the molecule is COc1ccc(S(=O)(=O)NCc2ccc(N3CCN(C)CC3)cc2)cc1NC(C)=O. The molecular formula is C21H28N4O4S. The van der Waals surface area contributed by atoms with E-state index in [2.05, 4.69) is 26.9 Å². The Morgan fingerprint density at radius 2 is 1.73 bits per heavy atom. The van der Waals surface area contributed by atoms with Crippen LogP contribution in [-0.4, -0.2) is 59.6 Å². The van der Waals surface area contributed by atoms with Gasteiger partial charge in [0.15, 0.2) is 0 Å². The first-order valence-electron chi connectivity index (χ1n) is 9.76. The summed E-state index contributed by atoms with van der Waals surface area (Å²) in [6.45, 7) is 5.55. The number of likely N-dealkylation sites (N-methyl/N-ethyl adjacent to an activating group) is 1.